The molecule has 1 aromatic heterocycles. The summed E-state index contributed by atoms with van der Waals surface area (Å²) in [4.78, 5) is 14.8. The third-order valence-corrected chi connectivity index (χ3v) is 2.25. The molecule has 0 unspecified atom stereocenters. The number of carbonyl (C=O) groups excluding carboxylic acids is 1. The van der Waals surface area contributed by atoms with E-state index in [1.54, 1.807) is 12.3 Å². The Morgan fingerprint density at radius 1 is 1.77 bits per heavy atom. The second-order valence-corrected chi connectivity index (χ2v) is 3.31. The van der Waals surface area contributed by atoms with E-state index in [2.05, 4.69) is 25.7 Å². The highest BCUT2D eigenvalue weighted by molar-refractivity contribution is 9.10. The van der Waals surface area contributed by atoms with Crippen LogP contribution < -0.4 is 5.73 Å². The number of rotatable bonds is 2. The Bertz CT molecular complexity index is 328. The Labute approximate surface area is 84.2 Å². The average molecular weight is 245 g/mol. The van der Waals surface area contributed by atoms with Gasteiger partial charge in [0.2, 0.25) is 0 Å². The highest BCUT2D eigenvalue weighted by atomic mass is 79.9. The molecule has 0 radical (unpaired) electrons. The molecule has 4 nitrogen and oxygen atoms in total. The minimum Gasteiger partial charge on any atom is -0.469 e. The lowest BCUT2D eigenvalue weighted by Gasteiger charge is -2.02. The van der Waals surface area contributed by atoms with Crippen LogP contribution in [0.2, 0.25) is 0 Å². The zero-order valence-electron chi connectivity index (χ0n) is 7.08. The van der Waals surface area contributed by atoms with Gasteiger partial charge in [-0.15, -0.1) is 0 Å². The van der Waals surface area contributed by atoms with Crippen LogP contribution in [0.4, 0.5) is 5.82 Å². The maximum atomic E-state index is 10.9. The predicted octanol–water partition coefficient (Wildman–Crippen LogP) is 1.14. The van der Waals surface area contributed by atoms with Crippen LogP contribution in [-0.2, 0) is 16.0 Å². The van der Waals surface area contributed by atoms with Crippen LogP contribution in [0, 0.1) is 0 Å². The van der Waals surface area contributed by atoms with Crippen molar-refractivity contribution in [3.63, 3.8) is 0 Å². The van der Waals surface area contributed by atoms with Crippen molar-refractivity contribution in [1.82, 2.24) is 4.98 Å². The molecule has 0 aliphatic heterocycles. The van der Waals surface area contributed by atoms with Crippen LogP contribution in [0.5, 0.6) is 0 Å². The van der Waals surface area contributed by atoms with Gasteiger partial charge in [0.25, 0.3) is 0 Å². The van der Waals surface area contributed by atoms with Crippen molar-refractivity contribution in [2.75, 3.05) is 12.8 Å². The van der Waals surface area contributed by atoms with E-state index in [1.807, 2.05) is 0 Å². The number of anilines is 1. The van der Waals surface area contributed by atoms with E-state index in [0.29, 0.717) is 5.82 Å². The minimum absolute atomic E-state index is 0.199. The van der Waals surface area contributed by atoms with E-state index in [4.69, 9.17) is 5.73 Å². The summed E-state index contributed by atoms with van der Waals surface area (Å²) in [5.74, 6) is 0.118. The van der Waals surface area contributed by atoms with Crippen LogP contribution in [0.3, 0.4) is 0 Å². The van der Waals surface area contributed by atoms with Crippen molar-refractivity contribution in [2.45, 2.75) is 6.42 Å². The SMILES string of the molecule is COC(=O)Cc1cnc(N)cc1Br. The van der Waals surface area contributed by atoms with E-state index < -0.39 is 0 Å². The summed E-state index contributed by atoms with van der Waals surface area (Å²) in [6.07, 6.45) is 1.75. The summed E-state index contributed by atoms with van der Waals surface area (Å²) < 4.78 is 5.29. The molecule has 0 saturated heterocycles. The first-order valence-electron chi connectivity index (χ1n) is 3.60. The molecule has 5 heteroatoms. The zero-order valence-corrected chi connectivity index (χ0v) is 8.67. The number of hydrogen-bond donors (Lipinski definition) is 1. The van der Waals surface area contributed by atoms with E-state index in [9.17, 15) is 4.79 Å². The molecule has 70 valence electrons. The summed E-state index contributed by atoms with van der Waals surface area (Å²) in [5, 5.41) is 0. The molecule has 1 aromatic rings. The number of ether oxygens (including phenoxy) is 1. The Morgan fingerprint density at radius 3 is 3.00 bits per heavy atom. The summed E-state index contributed by atoms with van der Waals surface area (Å²) in [6, 6.07) is 1.65. The van der Waals surface area contributed by atoms with Crippen molar-refractivity contribution in [3.8, 4) is 0 Å². The van der Waals surface area contributed by atoms with E-state index in [1.165, 1.54) is 7.11 Å². The predicted molar refractivity (Wildman–Crippen MR) is 52.1 cm³/mol. The minimum atomic E-state index is -0.299. The van der Waals surface area contributed by atoms with Gasteiger partial charge in [-0.05, 0) is 11.6 Å². The van der Waals surface area contributed by atoms with Crippen molar-refractivity contribution < 1.29 is 9.53 Å². The lowest BCUT2D eigenvalue weighted by Crippen LogP contribution is -2.05. The summed E-state index contributed by atoms with van der Waals surface area (Å²) >= 11 is 3.28. The van der Waals surface area contributed by atoms with Crippen LogP contribution in [0.25, 0.3) is 0 Å². The number of nitrogen functional groups attached to an aromatic ring is 1. The fourth-order valence-electron chi connectivity index (χ4n) is 0.832. The molecule has 0 fully saturated rings. The first-order valence-corrected chi connectivity index (χ1v) is 4.39. The molecule has 0 bridgehead atoms. The smallest absolute Gasteiger partial charge is 0.310 e. The topological polar surface area (TPSA) is 65.2 Å². The normalized spacial score (nSPS) is 9.69. The number of aromatic nitrogens is 1. The number of nitrogens with zero attached hydrogens (tertiary/aromatic N) is 1. The number of esters is 1. The Kier molecular flexibility index (Phi) is 3.25. The molecule has 2 N–H and O–H groups in total. The molecule has 0 atom stereocenters. The number of pyridine rings is 1. The highest BCUT2D eigenvalue weighted by Crippen LogP contribution is 2.18. The van der Waals surface area contributed by atoms with E-state index >= 15 is 0 Å². The fraction of sp³-hybridized carbons (Fsp3) is 0.250. The molecule has 0 aromatic carbocycles. The Balaban J connectivity index is 2.83. The molecule has 0 aliphatic rings. The molecule has 1 heterocycles. The van der Waals surface area contributed by atoms with E-state index in [0.717, 1.165) is 10.0 Å². The van der Waals surface area contributed by atoms with Crippen molar-refractivity contribution in [3.05, 3.63) is 22.3 Å². The highest BCUT2D eigenvalue weighted by Gasteiger charge is 2.07. The van der Waals surface area contributed by atoms with Crippen molar-refractivity contribution in [1.29, 1.82) is 0 Å². The van der Waals surface area contributed by atoms with Gasteiger partial charge in [-0.2, -0.15) is 0 Å². The largest absolute Gasteiger partial charge is 0.469 e. The van der Waals surface area contributed by atoms with Crippen LogP contribution >= 0.6 is 15.9 Å². The lowest BCUT2D eigenvalue weighted by molar-refractivity contribution is -0.139. The summed E-state index contributed by atoms with van der Waals surface area (Å²) in [7, 11) is 1.35. The van der Waals surface area contributed by atoms with Gasteiger partial charge in [-0.3, -0.25) is 4.79 Å². The van der Waals surface area contributed by atoms with Gasteiger partial charge in [-0.1, -0.05) is 15.9 Å². The molecule has 0 aliphatic carbocycles. The third kappa shape index (κ3) is 2.69. The zero-order chi connectivity index (χ0) is 9.84. The second-order valence-electron chi connectivity index (χ2n) is 2.45. The van der Waals surface area contributed by atoms with Crippen molar-refractivity contribution in [2.24, 2.45) is 0 Å². The first kappa shape index (κ1) is 9.98. The number of hydrogen-bond acceptors (Lipinski definition) is 4. The van der Waals surface area contributed by atoms with Gasteiger partial charge in [-0.25, -0.2) is 4.98 Å². The first-order chi connectivity index (χ1) is 6.13. The van der Waals surface area contributed by atoms with Crippen LogP contribution in [-0.4, -0.2) is 18.1 Å². The number of nitrogens with two attached hydrogens (primary N) is 1. The average Bonchev–Trinajstić information content (AvgIpc) is 2.09. The second kappa shape index (κ2) is 4.23. The molecular formula is C8H9BrN2O2. The molecule has 0 amide bonds. The van der Waals surface area contributed by atoms with Gasteiger partial charge in [0.05, 0.1) is 13.5 Å². The fourth-order valence-corrected chi connectivity index (χ4v) is 1.31. The van der Waals surface area contributed by atoms with Gasteiger partial charge >= 0.3 is 5.97 Å². The molecule has 1 rings (SSSR count). The van der Waals surface area contributed by atoms with Gasteiger partial charge in [0.15, 0.2) is 0 Å². The third-order valence-electron chi connectivity index (χ3n) is 1.51. The number of methoxy groups -OCH3 is 1. The van der Waals surface area contributed by atoms with Gasteiger partial charge < -0.3 is 10.5 Å². The van der Waals surface area contributed by atoms with E-state index in [-0.39, 0.29) is 12.4 Å². The summed E-state index contributed by atoms with van der Waals surface area (Å²) in [5.41, 5.74) is 6.20. The number of carbonyl (C=O) groups is 1. The van der Waals surface area contributed by atoms with Crippen LogP contribution in [0.15, 0.2) is 16.7 Å². The molecular weight excluding hydrogens is 236 g/mol. The number of halogens is 1. The molecule has 0 spiro atoms. The van der Waals surface area contributed by atoms with Crippen molar-refractivity contribution >= 4 is 27.7 Å². The lowest BCUT2D eigenvalue weighted by atomic mass is 10.2. The standard InChI is InChI=1S/C8H9BrN2O2/c1-13-8(12)2-5-4-11-7(10)3-6(5)9/h3-4H,2H2,1H3,(H2,10,11). The maximum Gasteiger partial charge on any atom is 0.310 e. The maximum absolute atomic E-state index is 10.9. The Morgan fingerprint density at radius 2 is 2.46 bits per heavy atom. The quantitative estimate of drug-likeness (QED) is 0.793. The monoisotopic (exact) mass is 244 g/mol. The molecule has 13 heavy (non-hydrogen) atoms. The summed E-state index contributed by atoms with van der Waals surface area (Å²) in [6.45, 7) is 0. The van der Waals surface area contributed by atoms with Crippen LogP contribution in [0.1, 0.15) is 5.56 Å². The Hall–Kier alpha value is -1.10. The van der Waals surface area contributed by atoms with Gasteiger partial charge in [0.1, 0.15) is 5.82 Å². The van der Waals surface area contributed by atoms with Gasteiger partial charge in [0, 0.05) is 10.7 Å². The molecule has 0 saturated carbocycles.